The minimum absolute atomic E-state index is 0.357. The lowest BCUT2D eigenvalue weighted by Crippen LogP contribution is -2.47. The Kier molecular flexibility index (Phi) is 5.22. The van der Waals surface area contributed by atoms with Crippen molar-refractivity contribution in [3.05, 3.63) is 0 Å². The van der Waals surface area contributed by atoms with Crippen molar-refractivity contribution < 1.29 is 4.79 Å². The molecule has 1 amide bonds. The molecule has 3 unspecified atom stereocenters. The summed E-state index contributed by atoms with van der Waals surface area (Å²) in [4.78, 5) is 16.8. The summed E-state index contributed by atoms with van der Waals surface area (Å²) in [6, 6.07) is 0.822. The van der Waals surface area contributed by atoms with Gasteiger partial charge >= 0.3 is 0 Å². The fraction of sp³-hybridized carbons (Fsp3) is 0.933. The molecular formula is C15H29N3O. The minimum atomic E-state index is 0.357. The second-order valence-corrected chi connectivity index (χ2v) is 6.53. The van der Waals surface area contributed by atoms with Crippen LogP contribution in [0.5, 0.6) is 0 Å². The lowest BCUT2D eigenvalue weighted by Gasteiger charge is -2.33. The van der Waals surface area contributed by atoms with E-state index in [-0.39, 0.29) is 0 Å². The van der Waals surface area contributed by atoms with Gasteiger partial charge < -0.3 is 15.1 Å². The van der Waals surface area contributed by atoms with E-state index < -0.39 is 0 Å². The second-order valence-electron chi connectivity index (χ2n) is 6.53. The molecular weight excluding hydrogens is 238 g/mol. The Hall–Kier alpha value is -0.610. The molecule has 2 heterocycles. The Morgan fingerprint density at radius 3 is 2.79 bits per heavy atom. The summed E-state index contributed by atoms with van der Waals surface area (Å²) in [5.74, 6) is 0.989. The first-order chi connectivity index (χ1) is 9.08. The molecule has 0 aromatic carbocycles. The van der Waals surface area contributed by atoms with E-state index >= 15 is 0 Å². The van der Waals surface area contributed by atoms with Crippen molar-refractivity contribution >= 4 is 5.91 Å². The molecule has 110 valence electrons. The van der Waals surface area contributed by atoms with E-state index in [9.17, 15) is 4.79 Å². The monoisotopic (exact) mass is 267 g/mol. The van der Waals surface area contributed by atoms with Gasteiger partial charge in [-0.25, -0.2) is 0 Å². The first-order valence-electron chi connectivity index (χ1n) is 7.75. The molecule has 0 aromatic heterocycles. The van der Waals surface area contributed by atoms with Gasteiger partial charge in [-0.2, -0.15) is 0 Å². The third kappa shape index (κ3) is 3.93. The van der Waals surface area contributed by atoms with Crippen molar-refractivity contribution in [3.8, 4) is 0 Å². The predicted octanol–water partition coefficient (Wildman–Crippen LogP) is 1.32. The summed E-state index contributed by atoms with van der Waals surface area (Å²) < 4.78 is 0. The van der Waals surface area contributed by atoms with Crippen LogP contribution < -0.4 is 5.32 Å². The molecule has 2 saturated heterocycles. The molecule has 0 spiro atoms. The van der Waals surface area contributed by atoms with E-state index in [4.69, 9.17) is 0 Å². The highest BCUT2D eigenvalue weighted by Crippen LogP contribution is 2.23. The molecule has 0 radical (unpaired) electrons. The lowest BCUT2D eigenvalue weighted by atomic mass is 9.90. The molecule has 0 aromatic rings. The second kappa shape index (κ2) is 6.71. The molecule has 2 aliphatic heterocycles. The van der Waals surface area contributed by atoms with Gasteiger partial charge in [-0.1, -0.05) is 6.92 Å². The summed E-state index contributed by atoms with van der Waals surface area (Å²) in [6.45, 7) is 5.30. The Bertz CT molecular complexity index is 306. The number of likely N-dealkylation sites (N-methyl/N-ethyl adjacent to an activating group) is 1. The van der Waals surface area contributed by atoms with E-state index in [1.54, 1.807) is 0 Å². The van der Waals surface area contributed by atoms with Crippen molar-refractivity contribution in [1.82, 2.24) is 15.1 Å². The zero-order valence-electron chi connectivity index (χ0n) is 12.7. The van der Waals surface area contributed by atoms with Crippen molar-refractivity contribution in [1.29, 1.82) is 0 Å². The van der Waals surface area contributed by atoms with E-state index in [2.05, 4.69) is 36.1 Å². The van der Waals surface area contributed by atoms with E-state index in [0.717, 1.165) is 32.5 Å². The number of hydrogen-bond acceptors (Lipinski definition) is 3. The van der Waals surface area contributed by atoms with Gasteiger partial charge in [0.2, 0.25) is 5.91 Å². The van der Waals surface area contributed by atoms with Crippen LogP contribution in [0.25, 0.3) is 0 Å². The molecule has 3 atom stereocenters. The topological polar surface area (TPSA) is 35.6 Å². The van der Waals surface area contributed by atoms with Crippen LogP contribution >= 0.6 is 0 Å². The van der Waals surface area contributed by atoms with Gasteiger partial charge in [0.05, 0.1) is 0 Å². The highest BCUT2D eigenvalue weighted by Gasteiger charge is 2.31. The number of hydrogen-bond donors (Lipinski definition) is 1. The van der Waals surface area contributed by atoms with Crippen LogP contribution in [0.3, 0.4) is 0 Å². The van der Waals surface area contributed by atoms with Gasteiger partial charge in [0, 0.05) is 31.6 Å². The standard InChI is InChI=1S/C15H29N3O/c1-12-6-4-8-16-14(12)10-15(19)18-9-5-7-13(18)11-17(2)3/h12-14,16H,4-11H2,1-3H3. The Morgan fingerprint density at radius 1 is 1.32 bits per heavy atom. The first-order valence-corrected chi connectivity index (χ1v) is 7.75. The highest BCUT2D eigenvalue weighted by molar-refractivity contribution is 5.77. The number of carbonyl (C=O) groups excluding carboxylic acids is 1. The number of nitrogens with one attached hydrogen (secondary N) is 1. The molecule has 4 heteroatoms. The van der Waals surface area contributed by atoms with Gasteiger partial charge in [-0.15, -0.1) is 0 Å². The van der Waals surface area contributed by atoms with Crippen molar-refractivity contribution in [2.24, 2.45) is 5.92 Å². The van der Waals surface area contributed by atoms with Gasteiger partial charge in [0.15, 0.2) is 0 Å². The Morgan fingerprint density at radius 2 is 2.11 bits per heavy atom. The first kappa shape index (κ1) is 14.8. The maximum absolute atomic E-state index is 12.5. The quantitative estimate of drug-likeness (QED) is 0.834. The third-order valence-corrected chi connectivity index (χ3v) is 4.60. The van der Waals surface area contributed by atoms with Crippen LogP contribution in [0.2, 0.25) is 0 Å². The summed E-state index contributed by atoms with van der Waals surface area (Å²) in [6.07, 6.45) is 5.52. The highest BCUT2D eigenvalue weighted by atomic mass is 16.2. The van der Waals surface area contributed by atoms with E-state index in [1.807, 2.05) is 0 Å². The van der Waals surface area contributed by atoms with E-state index in [1.165, 1.54) is 12.8 Å². The van der Waals surface area contributed by atoms with Crippen LogP contribution in [-0.4, -0.2) is 61.5 Å². The molecule has 0 bridgehead atoms. The predicted molar refractivity (Wildman–Crippen MR) is 78.1 cm³/mol. The molecule has 2 rings (SSSR count). The smallest absolute Gasteiger partial charge is 0.224 e. The number of nitrogens with zero attached hydrogens (tertiary/aromatic N) is 2. The molecule has 1 N–H and O–H groups in total. The van der Waals surface area contributed by atoms with Gasteiger partial charge in [0.25, 0.3) is 0 Å². The minimum Gasteiger partial charge on any atom is -0.338 e. The summed E-state index contributed by atoms with van der Waals surface area (Å²) in [5.41, 5.74) is 0. The Labute approximate surface area is 117 Å². The van der Waals surface area contributed by atoms with Crippen LogP contribution in [0, 0.1) is 5.92 Å². The normalized spacial score (nSPS) is 32.0. The number of amides is 1. The summed E-state index contributed by atoms with van der Waals surface area (Å²) >= 11 is 0. The van der Waals surface area contributed by atoms with Crippen molar-refractivity contribution in [2.75, 3.05) is 33.7 Å². The van der Waals surface area contributed by atoms with Crippen LogP contribution in [-0.2, 0) is 4.79 Å². The number of carbonyl (C=O) groups is 1. The number of rotatable bonds is 4. The molecule has 2 fully saturated rings. The largest absolute Gasteiger partial charge is 0.338 e. The molecule has 0 saturated carbocycles. The average Bonchev–Trinajstić information content (AvgIpc) is 2.79. The number of likely N-dealkylation sites (tertiary alicyclic amines) is 1. The zero-order chi connectivity index (χ0) is 13.8. The van der Waals surface area contributed by atoms with Crippen LogP contribution in [0.4, 0.5) is 0 Å². The SMILES string of the molecule is CC1CCCNC1CC(=O)N1CCCC1CN(C)C. The van der Waals surface area contributed by atoms with Crippen LogP contribution in [0.1, 0.15) is 39.0 Å². The molecule has 2 aliphatic rings. The van der Waals surface area contributed by atoms with Crippen molar-refractivity contribution in [2.45, 2.75) is 51.1 Å². The molecule has 19 heavy (non-hydrogen) atoms. The molecule has 4 nitrogen and oxygen atoms in total. The van der Waals surface area contributed by atoms with Gasteiger partial charge in [-0.05, 0) is 52.2 Å². The Balaban J connectivity index is 1.87. The fourth-order valence-corrected chi connectivity index (χ4v) is 3.47. The fourth-order valence-electron chi connectivity index (χ4n) is 3.47. The van der Waals surface area contributed by atoms with Crippen LogP contribution in [0.15, 0.2) is 0 Å². The average molecular weight is 267 g/mol. The van der Waals surface area contributed by atoms with Gasteiger partial charge in [-0.3, -0.25) is 4.79 Å². The summed E-state index contributed by atoms with van der Waals surface area (Å²) in [7, 11) is 4.18. The summed E-state index contributed by atoms with van der Waals surface area (Å²) in [5, 5.41) is 3.52. The number of piperidine rings is 1. The third-order valence-electron chi connectivity index (χ3n) is 4.60. The van der Waals surface area contributed by atoms with Gasteiger partial charge in [0.1, 0.15) is 0 Å². The molecule has 0 aliphatic carbocycles. The maximum Gasteiger partial charge on any atom is 0.224 e. The maximum atomic E-state index is 12.5. The van der Waals surface area contributed by atoms with Crippen molar-refractivity contribution in [3.63, 3.8) is 0 Å². The lowest BCUT2D eigenvalue weighted by molar-refractivity contribution is -0.133. The zero-order valence-corrected chi connectivity index (χ0v) is 12.7. The van der Waals surface area contributed by atoms with E-state index in [0.29, 0.717) is 30.3 Å².